The number of fused-ring (bicyclic) bond motifs is 1. The second-order valence-corrected chi connectivity index (χ2v) is 1.53. The van der Waals surface area contributed by atoms with Crippen molar-refractivity contribution in [3.05, 3.63) is 11.1 Å². The number of nitrogens with one attached hydrogen (secondary N) is 2. The van der Waals surface area contributed by atoms with E-state index >= 15 is 0 Å². The number of nitroso groups, excluding NO2 is 1. The summed E-state index contributed by atoms with van der Waals surface area (Å²) in [5.41, 5.74) is 3.21. The molecule has 0 unspecified atom stereocenters. The van der Waals surface area contributed by atoms with Crippen LogP contribution in [0, 0.1) is 4.91 Å². The Kier molecular flexibility index (Phi) is 0.397. The molecule has 5 nitrogen and oxygen atoms in total. The minimum atomic E-state index is 0.435. The normalized spacial score (nSPS) is 14.2. The van der Waals surface area contributed by atoms with Crippen molar-refractivity contribution in [2.45, 2.75) is 0 Å². The highest BCUT2D eigenvalue weighted by molar-refractivity contribution is 5.59. The number of anilines is 1. The van der Waals surface area contributed by atoms with Crippen LogP contribution in [0.5, 0.6) is 0 Å². The van der Waals surface area contributed by atoms with Gasteiger partial charge in [-0.1, -0.05) is 0 Å². The molecule has 0 spiro atoms. The van der Waals surface area contributed by atoms with Crippen molar-refractivity contribution in [2.24, 2.45) is 0 Å². The van der Waals surface area contributed by atoms with E-state index in [1.807, 2.05) is 0 Å². The number of hydrogen-bond donors (Lipinski definition) is 2. The zero-order chi connectivity index (χ0) is 5.56. The molecular formula is C3H3N4O+. The van der Waals surface area contributed by atoms with Gasteiger partial charge in [0.05, 0.1) is 16.2 Å². The maximum absolute atomic E-state index is 10.3. The molecule has 40 valence electrons. The third kappa shape index (κ3) is 0.218. The predicted molar refractivity (Wildman–Crippen MR) is 25.5 cm³/mol. The van der Waals surface area contributed by atoms with Crippen LogP contribution >= 0.6 is 0 Å². The summed E-state index contributed by atoms with van der Waals surface area (Å²) in [6, 6.07) is 0. The molecule has 0 atom stereocenters. The maximum Gasteiger partial charge on any atom is 0.440 e. The topological polar surface area (TPSA) is 60.8 Å². The van der Waals surface area contributed by atoms with E-state index in [0.29, 0.717) is 10.7 Å². The monoisotopic (exact) mass is 111 g/mol. The molecule has 0 amide bonds. The van der Waals surface area contributed by atoms with Crippen LogP contribution < -0.4 is 5.43 Å². The molecule has 0 bridgehead atoms. The van der Waals surface area contributed by atoms with Gasteiger partial charge in [-0.3, -0.25) is 0 Å². The minimum absolute atomic E-state index is 0.435. The Balaban J connectivity index is 2.68. The van der Waals surface area contributed by atoms with Crippen LogP contribution in [0.1, 0.15) is 0 Å². The Bertz CT molecular complexity index is 239. The largest absolute Gasteiger partial charge is 0.440 e. The smallest absolute Gasteiger partial charge is 0.190 e. The minimum Gasteiger partial charge on any atom is -0.190 e. The first-order valence-electron chi connectivity index (χ1n) is 2.15. The Morgan fingerprint density at radius 1 is 1.75 bits per heavy atom. The van der Waals surface area contributed by atoms with Crippen molar-refractivity contribution >= 4 is 11.5 Å². The molecule has 2 heterocycles. The van der Waals surface area contributed by atoms with E-state index in [1.165, 1.54) is 0 Å². The van der Waals surface area contributed by atoms with E-state index in [1.54, 1.807) is 6.20 Å². The van der Waals surface area contributed by atoms with Gasteiger partial charge in [0.2, 0.25) is 0 Å². The summed E-state index contributed by atoms with van der Waals surface area (Å²) >= 11 is 0. The maximum atomic E-state index is 10.3. The van der Waals surface area contributed by atoms with Gasteiger partial charge in [0.15, 0.2) is 5.69 Å². The summed E-state index contributed by atoms with van der Waals surface area (Å²) in [6.07, 6.45) is 1.63. The summed E-state index contributed by atoms with van der Waals surface area (Å²) in [5, 5.41) is 6.15. The van der Waals surface area contributed by atoms with Crippen molar-refractivity contribution in [3.63, 3.8) is 0 Å². The molecule has 2 N–H and O–H groups in total. The number of H-pyrrole nitrogens is 1. The van der Waals surface area contributed by atoms with Gasteiger partial charge in [-0.05, 0) is 4.91 Å². The molecule has 0 aliphatic carbocycles. The van der Waals surface area contributed by atoms with Crippen LogP contribution in [0.2, 0.25) is 0 Å². The second kappa shape index (κ2) is 0.885. The average molecular weight is 111 g/mol. The van der Waals surface area contributed by atoms with Crippen LogP contribution in [0.25, 0.3) is 0 Å². The van der Waals surface area contributed by atoms with E-state index in [4.69, 9.17) is 0 Å². The van der Waals surface area contributed by atoms with Gasteiger partial charge in [0.1, 0.15) is 0 Å². The zero-order valence-electron chi connectivity index (χ0n) is 3.88. The van der Waals surface area contributed by atoms with E-state index in [9.17, 15) is 4.91 Å². The first-order valence-corrected chi connectivity index (χ1v) is 2.15. The van der Waals surface area contributed by atoms with E-state index in [0.717, 1.165) is 5.69 Å². The summed E-state index contributed by atoms with van der Waals surface area (Å²) in [6.45, 7) is 0. The van der Waals surface area contributed by atoms with Crippen LogP contribution in [0.4, 0.5) is 11.5 Å². The van der Waals surface area contributed by atoms with Crippen molar-refractivity contribution in [3.8, 4) is 0 Å². The SMILES string of the molecule is O=[N+]1Nc2c[nH]nc21. The number of nitrogens with zero attached hydrogens (tertiary/aromatic N) is 2. The number of aromatic nitrogens is 2. The molecular weight excluding hydrogens is 108 g/mol. The van der Waals surface area contributed by atoms with Gasteiger partial charge in [-0.25, -0.2) is 0 Å². The van der Waals surface area contributed by atoms with Gasteiger partial charge in [0.25, 0.3) is 0 Å². The fraction of sp³-hybridized carbons (Fsp3) is 0. The van der Waals surface area contributed by atoms with Crippen molar-refractivity contribution in [2.75, 3.05) is 5.43 Å². The van der Waals surface area contributed by atoms with Crippen LogP contribution in [-0.4, -0.2) is 15.1 Å². The van der Waals surface area contributed by atoms with Gasteiger partial charge >= 0.3 is 5.82 Å². The van der Waals surface area contributed by atoms with Gasteiger partial charge < -0.3 is 0 Å². The Morgan fingerprint density at radius 2 is 2.62 bits per heavy atom. The van der Waals surface area contributed by atoms with Gasteiger partial charge in [-0.15, -0.1) is 0 Å². The molecule has 1 aliphatic rings. The van der Waals surface area contributed by atoms with Crippen LogP contribution in [0.3, 0.4) is 0 Å². The number of hydrazine groups is 1. The lowest BCUT2D eigenvalue weighted by Crippen LogP contribution is -2.20. The molecule has 1 aromatic heterocycles. The third-order valence-corrected chi connectivity index (χ3v) is 1.03. The summed E-state index contributed by atoms with van der Waals surface area (Å²) in [7, 11) is 0. The molecule has 1 aliphatic heterocycles. The molecule has 0 fully saturated rings. The van der Waals surface area contributed by atoms with Crippen molar-refractivity contribution in [1.29, 1.82) is 0 Å². The summed E-state index contributed by atoms with van der Waals surface area (Å²) < 4.78 is 0. The van der Waals surface area contributed by atoms with E-state index < -0.39 is 0 Å². The third-order valence-electron chi connectivity index (χ3n) is 1.03. The quantitative estimate of drug-likeness (QED) is 0.469. The molecule has 1 aromatic rings. The highest BCUT2D eigenvalue weighted by atomic mass is 16.3. The lowest BCUT2D eigenvalue weighted by Gasteiger charge is -2.01. The fourth-order valence-corrected chi connectivity index (χ4v) is 0.629. The lowest BCUT2D eigenvalue weighted by atomic mass is 10.5. The molecule has 5 heteroatoms. The fourth-order valence-electron chi connectivity index (χ4n) is 0.629. The Labute approximate surface area is 44.2 Å². The standard InChI is InChI=1S/C3H3N4O/c8-7-3-2(6-7)1-4-5-3/h1H,(H,4,5)(H,6,8)/q+1. The predicted octanol–water partition coefficient (Wildman–Crippen LogP) is 0.161. The summed E-state index contributed by atoms with van der Waals surface area (Å²) in [4.78, 5) is 10.9. The zero-order valence-corrected chi connectivity index (χ0v) is 3.88. The first kappa shape index (κ1) is 3.59. The van der Waals surface area contributed by atoms with E-state index in [2.05, 4.69) is 15.6 Å². The number of aromatic amines is 1. The number of hydrogen-bond acceptors (Lipinski definition) is 2. The lowest BCUT2D eigenvalue weighted by molar-refractivity contribution is -0.454. The highest BCUT2D eigenvalue weighted by Crippen LogP contribution is 2.28. The molecule has 0 saturated heterocycles. The van der Waals surface area contributed by atoms with Crippen LogP contribution in [-0.2, 0) is 0 Å². The van der Waals surface area contributed by atoms with Crippen molar-refractivity contribution in [1.82, 2.24) is 10.2 Å². The average Bonchev–Trinajstić information content (AvgIpc) is 2.09. The molecule has 2 rings (SSSR count). The van der Waals surface area contributed by atoms with Gasteiger partial charge in [-0.2, -0.15) is 10.5 Å². The summed E-state index contributed by atoms with van der Waals surface area (Å²) in [5.74, 6) is 0.435. The molecule has 0 aromatic carbocycles. The Hall–Kier alpha value is -1.39. The Morgan fingerprint density at radius 3 is 3.12 bits per heavy atom. The van der Waals surface area contributed by atoms with Gasteiger partial charge in [0, 0.05) is 0 Å². The second-order valence-electron chi connectivity index (χ2n) is 1.53. The van der Waals surface area contributed by atoms with Crippen LogP contribution in [0.15, 0.2) is 6.20 Å². The highest BCUT2D eigenvalue weighted by Gasteiger charge is 2.34. The first-order chi connectivity index (χ1) is 3.88. The molecule has 0 saturated carbocycles. The molecule has 8 heavy (non-hydrogen) atoms. The molecule has 0 radical (unpaired) electrons. The van der Waals surface area contributed by atoms with E-state index in [-0.39, 0.29) is 0 Å². The number of rotatable bonds is 0. The van der Waals surface area contributed by atoms with Crippen molar-refractivity contribution < 1.29 is 4.87 Å².